The SMILES string of the molecule is O=C(Cn1ncccc1=O)N1C2CCC1c1cncnc1C2. The van der Waals surface area contributed by atoms with E-state index in [1.807, 2.05) is 11.1 Å². The van der Waals surface area contributed by atoms with Crippen molar-refractivity contribution in [1.29, 1.82) is 0 Å². The maximum absolute atomic E-state index is 12.7. The van der Waals surface area contributed by atoms with E-state index in [2.05, 4.69) is 15.1 Å². The molecule has 0 radical (unpaired) electrons. The third kappa shape index (κ3) is 2.01. The Bertz CT molecular complexity index is 787. The van der Waals surface area contributed by atoms with Gasteiger partial charge in [-0.15, -0.1) is 0 Å². The van der Waals surface area contributed by atoms with Crippen molar-refractivity contribution in [1.82, 2.24) is 24.6 Å². The Kier molecular flexibility index (Phi) is 2.99. The van der Waals surface area contributed by atoms with Crippen molar-refractivity contribution in [2.45, 2.75) is 37.9 Å². The van der Waals surface area contributed by atoms with Crippen LogP contribution in [0.4, 0.5) is 0 Å². The molecule has 2 atom stereocenters. The third-order valence-electron chi connectivity index (χ3n) is 4.48. The quantitative estimate of drug-likeness (QED) is 0.797. The molecule has 4 heterocycles. The Balaban J connectivity index is 1.63. The predicted octanol–water partition coefficient (Wildman–Crippen LogP) is 0.322. The van der Waals surface area contributed by atoms with Crippen LogP contribution in [-0.4, -0.2) is 36.6 Å². The Morgan fingerprint density at radius 2 is 2.27 bits per heavy atom. The van der Waals surface area contributed by atoms with Crippen molar-refractivity contribution in [2.24, 2.45) is 0 Å². The van der Waals surface area contributed by atoms with Crippen molar-refractivity contribution in [2.75, 3.05) is 0 Å². The average molecular weight is 297 g/mol. The number of fused-ring (bicyclic) bond motifs is 4. The first-order valence-electron chi connectivity index (χ1n) is 7.36. The van der Waals surface area contributed by atoms with Gasteiger partial charge < -0.3 is 4.90 Å². The lowest BCUT2D eigenvalue weighted by Gasteiger charge is -2.35. The molecule has 0 aromatic carbocycles. The summed E-state index contributed by atoms with van der Waals surface area (Å²) in [6, 6.07) is 3.18. The van der Waals surface area contributed by atoms with E-state index in [4.69, 9.17) is 0 Å². The molecule has 2 aliphatic heterocycles. The van der Waals surface area contributed by atoms with Gasteiger partial charge in [0.05, 0.1) is 11.7 Å². The van der Waals surface area contributed by atoms with Gasteiger partial charge in [-0.3, -0.25) is 9.59 Å². The summed E-state index contributed by atoms with van der Waals surface area (Å²) in [6.45, 7) is -0.0182. The average Bonchev–Trinajstić information content (AvgIpc) is 2.85. The van der Waals surface area contributed by atoms with Crippen molar-refractivity contribution >= 4 is 5.91 Å². The van der Waals surface area contributed by atoms with Gasteiger partial charge in [-0.1, -0.05) is 0 Å². The van der Waals surface area contributed by atoms with E-state index in [0.29, 0.717) is 0 Å². The first-order chi connectivity index (χ1) is 10.7. The predicted molar refractivity (Wildman–Crippen MR) is 76.8 cm³/mol. The molecule has 1 saturated heterocycles. The molecule has 2 aromatic heterocycles. The maximum Gasteiger partial charge on any atom is 0.267 e. The molecule has 0 saturated carbocycles. The van der Waals surface area contributed by atoms with E-state index in [0.717, 1.165) is 30.5 Å². The molecule has 1 amide bonds. The first kappa shape index (κ1) is 13.1. The fourth-order valence-corrected chi connectivity index (χ4v) is 3.52. The Morgan fingerprint density at radius 3 is 3.14 bits per heavy atom. The minimum Gasteiger partial charge on any atom is -0.331 e. The van der Waals surface area contributed by atoms with Crippen molar-refractivity contribution in [3.05, 3.63) is 52.5 Å². The summed E-state index contributed by atoms with van der Waals surface area (Å²) in [6.07, 6.45) is 7.53. The van der Waals surface area contributed by atoms with Gasteiger partial charge in [0, 0.05) is 36.5 Å². The summed E-state index contributed by atoms with van der Waals surface area (Å²) in [5, 5.41) is 3.96. The highest BCUT2D eigenvalue weighted by Gasteiger charge is 2.43. The highest BCUT2D eigenvalue weighted by molar-refractivity contribution is 5.77. The minimum absolute atomic E-state index is 0.0182. The van der Waals surface area contributed by atoms with Crippen LogP contribution in [0.25, 0.3) is 0 Å². The van der Waals surface area contributed by atoms with E-state index in [1.165, 1.54) is 16.9 Å². The van der Waals surface area contributed by atoms with Crippen LogP contribution < -0.4 is 5.56 Å². The van der Waals surface area contributed by atoms with E-state index in [-0.39, 0.29) is 30.1 Å². The fourth-order valence-electron chi connectivity index (χ4n) is 3.52. The molecule has 4 rings (SSSR count). The molecule has 0 N–H and O–H groups in total. The zero-order chi connectivity index (χ0) is 15.1. The molecule has 1 fully saturated rings. The van der Waals surface area contributed by atoms with Gasteiger partial charge in [-0.2, -0.15) is 5.10 Å². The van der Waals surface area contributed by atoms with Crippen LogP contribution in [0.15, 0.2) is 35.6 Å². The number of carbonyl (C=O) groups is 1. The van der Waals surface area contributed by atoms with Gasteiger partial charge >= 0.3 is 0 Å². The van der Waals surface area contributed by atoms with Crippen molar-refractivity contribution < 1.29 is 4.79 Å². The minimum atomic E-state index is -0.260. The van der Waals surface area contributed by atoms with E-state index in [1.54, 1.807) is 12.4 Å². The Morgan fingerprint density at radius 1 is 1.36 bits per heavy atom. The maximum atomic E-state index is 12.7. The molecule has 7 heteroatoms. The largest absolute Gasteiger partial charge is 0.331 e. The van der Waals surface area contributed by atoms with Crippen LogP contribution in [0.5, 0.6) is 0 Å². The first-order valence-corrected chi connectivity index (χ1v) is 7.36. The van der Waals surface area contributed by atoms with Gasteiger partial charge in [0.15, 0.2) is 0 Å². The summed E-state index contributed by atoms with van der Waals surface area (Å²) < 4.78 is 1.21. The van der Waals surface area contributed by atoms with Gasteiger partial charge in [-0.25, -0.2) is 14.6 Å². The summed E-state index contributed by atoms with van der Waals surface area (Å²) >= 11 is 0. The molecule has 0 spiro atoms. The lowest BCUT2D eigenvalue weighted by atomic mass is 9.99. The monoisotopic (exact) mass is 297 g/mol. The Hall–Kier alpha value is -2.57. The number of aromatic nitrogens is 4. The molecule has 2 unspecified atom stereocenters. The third-order valence-corrected chi connectivity index (χ3v) is 4.48. The lowest BCUT2D eigenvalue weighted by Crippen LogP contribution is -2.45. The van der Waals surface area contributed by atoms with E-state index >= 15 is 0 Å². The standard InChI is InChI=1S/C15H15N5O2/c21-14-2-1-5-18-19(14)8-15(22)20-10-3-4-13(20)11-7-16-9-17-12(11)6-10/h1-2,5,7,9-10,13H,3-4,6,8H2. The molecule has 2 aromatic rings. The molecule has 2 bridgehead atoms. The number of nitrogens with zero attached hydrogens (tertiary/aromatic N) is 5. The number of hydrogen-bond donors (Lipinski definition) is 0. The second-order valence-electron chi connectivity index (χ2n) is 5.70. The normalized spacial score (nSPS) is 22.5. The Labute approximate surface area is 126 Å². The fraction of sp³-hybridized carbons (Fsp3) is 0.400. The molecular formula is C15H15N5O2. The van der Waals surface area contributed by atoms with Gasteiger partial charge in [0.25, 0.3) is 5.56 Å². The smallest absolute Gasteiger partial charge is 0.267 e. The zero-order valence-electron chi connectivity index (χ0n) is 11.9. The number of carbonyl (C=O) groups excluding carboxylic acids is 1. The summed E-state index contributed by atoms with van der Waals surface area (Å²) in [5.41, 5.74) is 1.82. The number of amides is 1. The molecule has 7 nitrogen and oxygen atoms in total. The highest BCUT2D eigenvalue weighted by Crippen LogP contribution is 2.42. The molecule has 22 heavy (non-hydrogen) atoms. The summed E-state index contributed by atoms with van der Waals surface area (Å²) in [7, 11) is 0. The topological polar surface area (TPSA) is 81.0 Å². The van der Waals surface area contributed by atoms with Gasteiger partial charge in [0.2, 0.25) is 5.91 Å². The summed E-state index contributed by atoms with van der Waals surface area (Å²) in [4.78, 5) is 34.7. The van der Waals surface area contributed by atoms with Crippen molar-refractivity contribution in [3.63, 3.8) is 0 Å². The zero-order valence-corrected chi connectivity index (χ0v) is 11.9. The van der Waals surface area contributed by atoms with Crippen LogP contribution in [0.3, 0.4) is 0 Å². The van der Waals surface area contributed by atoms with Crippen LogP contribution in [-0.2, 0) is 17.8 Å². The van der Waals surface area contributed by atoms with Crippen LogP contribution >= 0.6 is 0 Å². The van der Waals surface area contributed by atoms with Gasteiger partial charge in [-0.05, 0) is 18.9 Å². The number of hydrogen-bond acceptors (Lipinski definition) is 5. The molecular weight excluding hydrogens is 282 g/mol. The van der Waals surface area contributed by atoms with Crippen molar-refractivity contribution in [3.8, 4) is 0 Å². The van der Waals surface area contributed by atoms with Crippen LogP contribution in [0.2, 0.25) is 0 Å². The van der Waals surface area contributed by atoms with E-state index < -0.39 is 0 Å². The number of rotatable bonds is 2. The molecule has 0 aliphatic carbocycles. The van der Waals surface area contributed by atoms with Gasteiger partial charge in [0.1, 0.15) is 12.9 Å². The molecule has 112 valence electrons. The lowest BCUT2D eigenvalue weighted by molar-refractivity contribution is -0.135. The second-order valence-corrected chi connectivity index (χ2v) is 5.70. The van der Waals surface area contributed by atoms with E-state index in [9.17, 15) is 9.59 Å². The molecule has 2 aliphatic rings. The summed E-state index contributed by atoms with van der Waals surface area (Å²) in [5.74, 6) is -0.0668. The second kappa shape index (κ2) is 5.01. The van der Waals surface area contributed by atoms with Crippen LogP contribution in [0, 0.1) is 0 Å². The highest BCUT2D eigenvalue weighted by atomic mass is 16.2. The van der Waals surface area contributed by atoms with Crippen LogP contribution in [0.1, 0.15) is 30.1 Å².